The van der Waals surface area contributed by atoms with Crippen LogP contribution in [0.3, 0.4) is 0 Å². The molecular formula is C23H22N4. The molecule has 0 aliphatic heterocycles. The highest BCUT2D eigenvalue weighted by molar-refractivity contribution is 5.63. The van der Waals surface area contributed by atoms with Crippen LogP contribution in [0.25, 0.3) is 16.9 Å². The van der Waals surface area contributed by atoms with Gasteiger partial charge in [0, 0.05) is 48.7 Å². The van der Waals surface area contributed by atoms with Crippen LogP contribution < -0.4 is 5.32 Å². The zero-order valence-corrected chi connectivity index (χ0v) is 15.1. The number of nitrogens with zero attached hydrogens (tertiary/aromatic N) is 3. The van der Waals surface area contributed by atoms with E-state index < -0.39 is 0 Å². The molecule has 4 heteroatoms. The third-order valence-corrected chi connectivity index (χ3v) is 4.46. The van der Waals surface area contributed by atoms with Crippen molar-refractivity contribution in [3.8, 4) is 16.9 Å². The summed E-state index contributed by atoms with van der Waals surface area (Å²) in [6, 6.07) is 26.6. The lowest BCUT2D eigenvalue weighted by Crippen LogP contribution is -2.17. The maximum atomic E-state index is 4.85. The first kappa shape index (κ1) is 17.2. The average Bonchev–Trinajstić information content (AvgIpc) is 3.17. The van der Waals surface area contributed by atoms with Crippen molar-refractivity contribution in [1.82, 2.24) is 20.1 Å². The van der Waals surface area contributed by atoms with Gasteiger partial charge in [0.1, 0.15) is 0 Å². The largest absolute Gasteiger partial charge is 0.312 e. The van der Waals surface area contributed by atoms with E-state index in [0.717, 1.165) is 42.1 Å². The third-order valence-electron chi connectivity index (χ3n) is 4.46. The minimum Gasteiger partial charge on any atom is -0.312 e. The van der Waals surface area contributed by atoms with Gasteiger partial charge in [-0.3, -0.25) is 4.98 Å². The monoisotopic (exact) mass is 354 g/mol. The fourth-order valence-corrected chi connectivity index (χ4v) is 3.08. The fraction of sp³-hybridized carbons (Fsp3) is 0.130. The van der Waals surface area contributed by atoms with E-state index in [0.29, 0.717) is 0 Å². The second-order valence-electron chi connectivity index (χ2n) is 6.40. The Morgan fingerprint density at radius 1 is 0.815 bits per heavy atom. The van der Waals surface area contributed by atoms with E-state index in [1.165, 1.54) is 5.56 Å². The molecule has 0 atom stereocenters. The number of aromatic nitrogens is 3. The van der Waals surface area contributed by atoms with Gasteiger partial charge in [0.05, 0.1) is 11.4 Å². The molecule has 0 spiro atoms. The van der Waals surface area contributed by atoms with Crippen LogP contribution in [0.1, 0.15) is 11.3 Å². The summed E-state index contributed by atoms with van der Waals surface area (Å²) in [5.41, 5.74) is 5.51. The lowest BCUT2D eigenvalue weighted by molar-refractivity contribution is 0.680. The molecule has 0 radical (unpaired) electrons. The smallest absolute Gasteiger partial charge is 0.0972 e. The first-order valence-corrected chi connectivity index (χ1v) is 9.20. The van der Waals surface area contributed by atoms with Crippen LogP contribution in [0.15, 0.2) is 91.3 Å². The summed E-state index contributed by atoms with van der Waals surface area (Å²) in [5, 5.41) is 8.38. The molecule has 134 valence electrons. The molecule has 2 aromatic carbocycles. The van der Waals surface area contributed by atoms with E-state index in [1.54, 1.807) is 0 Å². The van der Waals surface area contributed by atoms with Gasteiger partial charge in [-0.2, -0.15) is 5.10 Å². The summed E-state index contributed by atoms with van der Waals surface area (Å²) < 4.78 is 1.96. The zero-order chi connectivity index (χ0) is 18.3. The van der Waals surface area contributed by atoms with Crippen molar-refractivity contribution in [2.24, 2.45) is 0 Å². The fourth-order valence-electron chi connectivity index (χ4n) is 3.08. The molecule has 0 fully saturated rings. The van der Waals surface area contributed by atoms with E-state index in [1.807, 2.05) is 47.3 Å². The molecule has 0 unspecified atom stereocenters. The normalized spacial score (nSPS) is 10.8. The Balaban J connectivity index is 1.52. The summed E-state index contributed by atoms with van der Waals surface area (Å²) in [6.07, 6.45) is 4.87. The van der Waals surface area contributed by atoms with Crippen LogP contribution in [-0.2, 0) is 13.0 Å². The van der Waals surface area contributed by atoms with Gasteiger partial charge in [0.15, 0.2) is 0 Å². The van der Waals surface area contributed by atoms with Crippen molar-refractivity contribution in [1.29, 1.82) is 0 Å². The Hall–Kier alpha value is -3.24. The maximum absolute atomic E-state index is 4.85. The lowest BCUT2D eigenvalue weighted by Gasteiger charge is -2.05. The van der Waals surface area contributed by atoms with Crippen LogP contribution in [0.4, 0.5) is 0 Å². The van der Waals surface area contributed by atoms with Crippen molar-refractivity contribution < 1.29 is 0 Å². The highest BCUT2D eigenvalue weighted by Gasteiger charge is 2.11. The van der Waals surface area contributed by atoms with Gasteiger partial charge in [0.25, 0.3) is 0 Å². The van der Waals surface area contributed by atoms with Gasteiger partial charge in [-0.05, 0) is 24.3 Å². The van der Waals surface area contributed by atoms with Crippen LogP contribution in [0.2, 0.25) is 0 Å². The second-order valence-corrected chi connectivity index (χ2v) is 6.40. The third kappa shape index (κ3) is 4.30. The molecule has 4 rings (SSSR count). The van der Waals surface area contributed by atoms with Crippen molar-refractivity contribution in [3.05, 3.63) is 103 Å². The Morgan fingerprint density at radius 3 is 2.30 bits per heavy atom. The Bertz CT molecular complexity index is 963. The predicted octanol–water partition coefficient (Wildman–Crippen LogP) is 4.27. The predicted molar refractivity (Wildman–Crippen MR) is 109 cm³/mol. The molecule has 4 aromatic rings. The standard InChI is InChI=1S/C23H22N4/c1-3-9-19(10-4-1)23-20(17-24-16-14-21-11-7-8-15-25-21)18-27(26-23)22-12-5-2-6-13-22/h1-13,15,18,24H,14,16-17H2. The molecule has 0 aliphatic rings. The van der Waals surface area contributed by atoms with Crippen molar-refractivity contribution >= 4 is 0 Å². The molecule has 2 aromatic heterocycles. The summed E-state index contributed by atoms with van der Waals surface area (Å²) >= 11 is 0. The van der Waals surface area contributed by atoms with E-state index in [2.05, 4.69) is 59.0 Å². The van der Waals surface area contributed by atoms with E-state index in [4.69, 9.17) is 5.10 Å². The molecule has 0 amide bonds. The van der Waals surface area contributed by atoms with Crippen molar-refractivity contribution in [2.75, 3.05) is 6.54 Å². The molecule has 0 saturated heterocycles. The topological polar surface area (TPSA) is 42.7 Å². The number of rotatable bonds is 7. The minimum atomic E-state index is 0.768. The van der Waals surface area contributed by atoms with E-state index in [9.17, 15) is 0 Å². The number of benzene rings is 2. The van der Waals surface area contributed by atoms with Gasteiger partial charge >= 0.3 is 0 Å². The quantitative estimate of drug-likeness (QED) is 0.504. The zero-order valence-electron chi connectivity index (χ0n) is 15.1. The van der Waals surface area contributed by atoms with Gasteiger partial charge in [0.2, 0.25) is 0 Å². The minimum absolute atomic E-state index is 0.768. The second kappa shape index (κ2) is 8.43. The van der Waals surface area contributed by atoms with Gasteiger partial charge in [-0.25, -0.2) is 4.68 Å². The molecule has 0 saturated carbocycles. The summed E-state index contributed by atoms with van der Waals surface area (Å²) in [6.45, 7) is 1.64. The number of pyridine rings is 1. The number of nitrogens with one attached hydrogen (secondary N) is 1. The van der Waals surface area contributed by atoms with E-state index >= 15 is 0 Å². The lowest BCUT2D eigenvalue weighted by atomic mass is 10.1. The number of hydrogen-bond acceptors (Lipinski definition) is 3. The van der Waals surface area contributed by atoms with Gasteiger partial charge < -0.3 is 5.32 Å². The molecule has 0 aliphatic carbocycles. The molecule has 4 nitrogen and oxygen atoms in total. The SMILES string of the molecule is c1ccc(-c2nn(-c3ccccc3)cc2CNCCc2ccccn2)cc1. The molecular weight excluding hydrogens is 332 g/mol. The number of para-hydroxylation sites is 1. The summed E-state index contributed by atoms with van der Waals surface area (Å²) in [7, 11) is 0. The van der Waals surface area contributed by atoms with Crippen LogP contribution in [0.5, 0.6) is 0 Å². The van der Waals surface area contributed by atoms with Gasteiger partial charge in [-0.1, -0.05) is 54.6 Å². The van der Waals surface area contributed by atoms with Crippen LogP contribution in [0, 0.1) is 0 Å². The number of hydrogen-bond donors (Lipinski definition) is 1. The van der Waals surface area contributed by atoms with Crippen LogP contribution >= 0.6 is 0 Å². The summed E-state index contributed by atoms with van der Waals surface area (Å²) in [4.78, 5) is 4.38. The summed E-state index contributed by atoms with van der Waals surface area (Å²) in [5.74, 6) is 0. The Kier molecular flexibility index (Phi) is 5.36. The highest BCUT2D eigenvalue weighted by Crippen LogP contribution is 2.23. The first-order valence-electron chi connectivity index (χ1n) is 9.20. The van der Waals surface area contributed by atoms with Crippen LogP contribution in [-0.4, -0.2) is 21.3 Å². The van der Waals surface area contributed by atoms with Gasteiger partial charge in [-0.15, -0.1) is 0 Å². The molecule has 2 heterocycles. The maximum Gasteiger partial charge on any atom is 0.0972 e. The average molecular weight is 354 g/mol. The molecule has 1 N–H and O–H groups in total. The highest BCUT2D eigenvalue weighted by atomic mass is 15.3. The van der Waals surface area contributed by atoms with Crippen molar-refractivity contribution in [2.45, 2.75) is 13.0 Å². The molecule has 27 heavy (non-hydrogen) atoms. The first-order chi connectivity index (χ1) is 13.4. The Labute approximate surface area is 159 Å². The molecule has 0 bridgehead atoms. The van der Waals surface area contributed by atoms with E-state index in [-0.39, 0.29) is 0 Å². The Morgan fingerprint density at radius 2 is 1.56 bits per heavy atom. The van der Waals surface area contributed by atoms with Crippen molar-refractivity contribution in [3.63, 3.8) is 0 Å².